The maximum Gasteiger partial charge on any atom is 0.332 e. The second-order valence-electron chi connectivity index (χ2n) is 2.01. The fourth-order valence-corrected chi connectivity index (χ4v) is 0. The van der Waals surface area contributed by atoms with Gasteiger partial charge in [-0.2, -0.15) is 0 Å². The Balaban J connectivity index is -0.0000000653. The fraction of sp³-hybridized carbons (Fsp3) is 0.667. The zero-order valence-corrected chi connectivity index (χ0v) is 9.68. The molecule has 90 valence electrons. The molecule has 0 spiro atoms. The zero-order valence-electron chi connectivity index (χ0n) is 8.12. The molecule has 0 aliphatic carbocycles. The first-order chi connectivity index (χ1) is 6.29. The van der Waals surface area contributed by atoms with Gasteiger partial charge in [-0.05, 0) is 13.8 Å². The molecule has 15 heavy (non-hydrogen) atoms. The average molecular weight is 261 g/mol. The zero-order chi connectivity index (χ0) is 12.3. The van der Waals surface area contributed by atoms with Gasteiger partial charge in [-0.3, -0.25) is 10.5 Å². The van der Waals surface area contributed by atoms with Gasteiger partial charge in [-0.25, -0.2) is 4.79 Å². The van der Waals surface area contributed by atoms with Crippen LogP contribution in [0.4, 0.5) is 0 Å². The van der Waals surface area contributed by atoms with E-state index < -0.39 is 24.1 Å². The molecule has 0 aromatic carbocycles. The predicted molar refractivity (Wildman–Crippen MR) is 41.3 cm³/mol. The second kappa shape index (κ2) is 15.9. The number of aliphatic hydroxyl groups excluding tert-OH is 2. The van der Waals surface area contributed by atoms with Crippen molar-refractivity contribution in [3.05, 3.63) is 0 Å². The number of hydrogen-bond donors (Lipinski definition) is 5. The van der Waals surface area contributed by atoms with E-state index in [1.807, 2.05) is 0 Å². The Morgan fingerprint density at radius 2 is 1.20 bits per heavy atom. The van der Waals surface area contributed by atoms with Crippen molar-refractivity contribution in [2.75, 3.05) is 0 Å². The molecule has 0 radical (unpaired) electrons. The van der Waals surface area contributed by atoms with Gasteiger partial charge in [0.15, 0.2) is 0 Å². The molecule has 0 aromatic heterocycles. The molecule has 0 fully saturated rings. The van der Waals surface area contributed by atoms with Crippen LogP contribution in [-0.2, 0) is 31.3 Å². The SMILES string of the molecule is CC(O)C(=O)O.CC(O)C(=O)[O-].OO.[Ti]. The number of carboxylic acids is 2. The molecule has 9 heteroatoms. The Morgan fingerprint density at radius 3 is 1.20 bits per heavy atom. The summed E-state index contributed by atoms with van der Waals surface area (Å²) in [5.41, 5.74) is 0. The van der Waals surface area contributed by atoms with E-state index in [-0.39, 0.29) is 21.7 Å². The molecule has 2 unspecified atom stereocenters. The first-order valence-electron chi connectivity index (χ1n) is 3.28. The van der Waals surface area contributed by atoms with E-state index in [4.69, 9.17) is 25.8 Å². The maximum absolute atomic E-state index is 9.45. The van der Waals surface area contributed by atoms with Gasteiger partial charge < -0.3 is 25.2 Å². The first kappa shape index (κ1) is 24.0. The molecule has 0 saturated carbocycles. The van der Waals surface area contributed by atoms with Crippen molar-refractivity contribution in [1.82, 2.24) is 0 Å². The van der Waals surface area contributed by atoms with E-state index in [1.54, 1.807) is 0 Å². The summed E-state index contributed by atoms with van der Waals surface area (Å²) in [6.45, 7) is 2.33. The molecule has 2 atom stereocenters. The van der Waals surface area contributed by atoms with Crippen molar-refractivity contribution in [1.29, 1.82) is 0 Å². The van der Waals surface area contributed by atoms with Crippen molar-refractivity contribution >= 4 is 11.9 Å². The molecular weight excluding hydrogens is 248 g/mol. The van der Waals surface area contributed by atoms with Crippen LogP contribution in [-0.4, -0.2) is 50.0 Å². The standard InChI is InChI=1S/2C3H6O3.H2O2.Ti/c2*1-2(4)3(5)6;1-2;/h2*2,4H,1H3,(H,5,6);1-2H;/p-1. The smallest absolute Gasteiger partial charge is 0.332 e. The minimum Gasteiger partial charge on any atom is -0.547 e. The summed E-state index contributed by atoms with van der Waals surface area (Å²) in [5, 5.41) is 45.1. The van der Waals surface area contributed by atoms with Crippen molar-refractivity contribution in [2.24, 2.45) is 0 Å². The van der Waals surface area contributed by atoms with E-state index in [1.165, 1.54) is 6.92 Å². The van der Waals surface area contributed by atoms with Crippen LogP contribution in [0, 0.1) is 0 Å². The topological polar surface area (TPSA) is 158 Å². The summed E-state index contributed by atoms with van der Waals surface area (Å²) < 4.78 is 0. The fourth-order valence-electron chi connectivity index (χ4n) is 0. The Labute approximate surface area is 101 Å². The molecule has 0 aliphatic rings. The summed E-state index contributed by atoms with van der Waals surface area (Å²) in [6, 6.07) is 0. The molecular formula is C6H13O8Ti-. The van der Waals surface area contributed by atoms with Crippen LogP contribution in [0.2, 0.25) is 0 Å². The molecule has 0 amide bonds. The molecule has 0 aromatic rings. The minimum atomic E-state index is -1.44. The van der Waals surface area contributed by atoms with Crippen molar-refractivity contribution in [3.8, 4) is 0 Å². The third kappa shape index (κ3) is 31.7. The Bertz CT molecular complexity index is 139. The van der Waals surface area contributed by atoms with Gasteiger partial charge in [0.1, 0.15) is 6.10 Å². The van der Waals surface area contributed by atoms with Gasteiger partial charge in [0.2, 0.25) is 0 Å². The van der Waals surface area contributed by atoms with Gasteiger partial charge in [0, 0.05) is 21.7 Å². The van der Waals surface area contributed by atoms with Crippen LogP contribution in [0.25, 0.3) is 0 Å². The molecule has 0 bridgehead atoms. The van der Waals surface area contributed by atoms with Crippen molar-refractivity contribution < 1.29 is 62.2 Å². The second-order valence-corrected chi connectivity index (χ2v) is 2.01. The Hall–Kier alpha value is -0.506. The maximum atomic E-state index is 9.45. The number of carboxylic acid groups (broad SMARTS) is 2. The number of hydrogen-bond acceptors (Lipinski definition) is 7. The number of carbonyl (C=O) groups is 2. The monoisotopic (exact) mass is 261 g/mol. The predicted octanol–water partition coefficient (Wildman–Crippen LogP) is -2.42. The van der Waals surface area contributed by atoms with E-state index in [0.717, 1.165) is 6.92 Å². The quantitative estimate of drug-likeness (QED) is 0.209. The Morgan fingerprint density at radius 1 is 1.07 bits per heavy atom. The summed E-state index contributed by atoms with van der Waals surface area (Å²) in [6.07, 6.45) is -2.57. The minimum absolute atomic E-state index is 0. The number of rotatable bonds is 2. The van der Waals surface area contributed by atoms with Crippen LogP contribution < -0.4 is 5.11 Å². The van der Waals surface area contributed by atoms with Gasteiger partial charge in [-0.1, -0.05) is 0 Å². The van der Waals surface area contributed by atoms with E-state index in [2.05, 4.69) is 0 Å². The van der Waals surface area contributed by atoms with Crippen molar-refractivity contribution in [3.63, 3.8) is 0 Å². The first-order valence-corrected chi connectivity index (χ1v) is 3.28. The van der Waals surface area contributed by atoms with E-state index in [0.29, 0.717) is 0 Å². The van der Waals surface area contributed by atoms with Crippen LogP contribution in [0.1, 0.15) is 13.8 Å². The number of aliphatic hydroxyl groups is 2. The van der Waals surface area contributed by atoms with E-state index in [9.17, 15) is 14.7 Å². The van der Waals surface area contributed by atoms with Gasteiger partial charge >= 0.3 is 5.97 Å². The summed E-state index contributed by atoms with van der Waals surface area (Å²) in [4.78, 5) is 18.8. The normalized spacial score (nSPS) is 11.3. The van der Waals surface area contributed by atoms with Gasteiger partial charge in [0.05, 0.1) is 12.1 Å². The van der Waals surface area contributed by atoms with Crippen LogP contribution in [0.3, 0.4) is 0 Å². The Kier molecular flexibility index (Phi) is 25.5. The summed E-state index contributed by atoms with van der Waals surface area (Å²) >= 11 is 0. The largest absolute Gasteiger partial charge is 0.547 e. The van der Waals surface area contributed by atoms with E-state index >= 15 is 0 Å². The summed E-state index contributed by atoms with van der Waals surface area (Å²) in [7, 11) is 0. The van der Waals surface area contributed by atoms with Crippen LogP contribution >= 0.6 is 0 Å². The van der Waals surface area contributed by atoms with Gasteiger partial charge in [0.25, 0.3) is 0 Å². The average Bonchev–Trinajstić information content (AvgIpc) is 2.08. The summed E-state index contributed by atoms with van der Waals surface area (Å²) in [5.74, 6) is -2.62. The number of aliphatic carboxylic acids is 2. The van der Waals surface area contributed by atoms with Crippen LogP contribution in [0.5, 0.6) is 0 Å². The van der Waals surface area contributed by atoms with Crippen LogP contribution in [0.15, 0.2) is 0 Å². The molecule has 0 rings (SSSR count). The third-order valence-electron chi connectivity index (χ3n) is 0.699. The molecule has 0 saturated heterocycles. The van der Waals surface area contributed by atoms with Gasteiger partial charge in [-0.15, -0.1) is 0 Å². The molecule has 0 heterocycles. The third-order valence-corrected chi connectivity index (χ3v) is 0.699. The molecule has 5 N–H and O–H groups in total. The molecule has 0 aliphatic heterocycles. The number of carbonyl (C=O) groups excluding carboxylic acids is 1. The van der Waals surface area contributed by atoms with Crippen molar-refractivity contribution in [2.45, 2.75) is 26.1 Å². The molecule has 8 nitrogen and oxygen atoms in total.